The highest BCUT2D eigenvalue weighted by atomic mass is 16.1. The lowest BCUT2D eigenvalue weighted by Crippen LogP contribution is -2.22. The van der Waals surface area contributed by atoms with Gasteiger partial charge >= 0.3 is 0 Å². The zero-order valence-electron chi connectivity index (χ0n) is 7.73. The van der Waals surface area contributed by atoms with E-state index in [4.69, 9.17) is 11.0 Å². The summed E-state index contributed by atoms with van der Waals surface area (Å²) in [4.78, 5) is 11.4. The fraction of sp³-hybridized carbons (Fsp3) is 0.400. The lowest BCUT2D eigenvalue weighted by molar-refractivity contribution is 0.778. The molecule has 0 atom stereocenters. The van der Waals surface area contributed by atoms with Crippen LogP contribution in [0.5, 0.6) is 0 Å². The molecule has 1 aromatic rings. The first-order chi connectivity index (χ1) is 6.72. The number of nitrogen functional groups attached to an aromatic ring is 1. The lowest BCUT2D eigenvalue weighted by Gasteiger charge is -2.05. The number of hydrogen-bond acceptors (Lipinski definition) is 3. The van der Waals surface area contributed by atoms with Gasteiger partial charge in [0, 0.05) is 6.20 Å². The van der Waals surface area contributed by atoms with Crippen molar-refractivity contribution >= 4 is 5.69 Å². The molecule has 2 N–H and O–H groups in total. The number of nitriles is 1. The molecule has 4 heteroatoms. The van der Waals surface area contributed by atoms with Crippen LogP contribution >= 0.6 is 0 Å². The second-order valence-electron chi connectivity index (χ2n) is 3.59. The summed E-state index contributed by atoms with van der Waals surface area (Å²) in [5.74, 6) is 0.544. The smallest absolute Gasteiger partial charge is 0.274 e. The van der Waals surface area contributed by atoms with E-state index in [0.717, 1.165) is 18.4 Å². The van der Waals surface area contributed by atoms with Crippen molar-refractivity contribution in [3.63, 3.8) is 0 Å². The molecular formula is C10H11N3O. The van der Waals surface area contributed by atoms with Crippen LogP contribution in [0.2, 0.25) is 0 Å². The maximum Gasteiger partial charge on any atom is 0.274 e. The van der Waals surface area contributed by atoms with Crippen LogP contribution in [0.1, 0.15) is 24.3 Å². The molecule has 0 radical (unpaired) electrons. The van der Waals surface area contributed by atoms with E-state index < -0.39 is 0 Å². The van der Waals surface area contributed by atoms with Crippen LogP contribution < -0.4 is 11.3 Å². The third kappa shape index (κ3) is 1.49. The first kappa shape index (κ1) is 8.82. The Kier molecular flexibility index (Phi) is 2.01. The lowest BCUT2D eigenvalue weighted by atomic mass is 10.2. The highest BCUT2D eigenvalue weighted by Crippen LogP contribution is 2.39. The van der Waals surface area contributed by atoms with E-state index in [9.17, 15) is 4.79 Å². The normalized spacial score (nSPS) is 15.1. The van der Waals surface area contributed by atoms with Crippen molar-refractivity contribution < 1.29 is 0 Å². The van der Waals surface area contributed by atoms with Crippen LogP contribution in [0.15, 0.2) is 17.1 Å². The summed E-state index contributed by atoms with van der Waals surface area (Å²) in [5.41, 5.74) is 6.63. The number of rotatable bonds is 2. The predicted molar refractivity (Wildman–Crippen MR) is 52.7 cm³/mol. The summed E-state index contributed by atoms with van der Waals surface area (Å²) in [7, 11) is 0. The fourth-order valence-electron chi connectivity index (χ4n) is 1.52. The van der Waals surface area contributed by atoms with Gasteiger partial charge in [-0.1, -0.05) is 0 Å². The molecule has 0 saturated heterocycles. The second kappa shape index (κ2) is 3.18. The van der Waals surface area contributed by atoms with Crippen LogP contribution in [-0.4, -0.2) is 4.57 Å². The summed E-state index contributed by atoms with van der Waals surface area (Å²) in [6.07, 6.45) is 4.06. The van der Waals surface area contributed by atoms with Crippen molar-refractivity contribution in [2.75, 3.05) is 5.73 Å². The van der Waals surface area contributed by atoms with Crippen LogP contribution in [0.3, 0.4) is 0 Å². The summed E-state index contributed by atoms with van der Waals surface area (Å²) < 4.78 is 1.38. The molecule has 14 heavy (non-hydrogen) atoms. The first-order valence-electron chi connectivity index (χ1n) is 4.59. The van der Waals surface area contributed by atoms with E-state index in [0.29, 0.717) is 5.92 Å². The van der Waals surface area contributed by atoms with E-state index in [2.05, 4.69) is 0 Å². The number of nitrogens with two attached hydrogens (primary N) is 1. The number of aromatic nitrogens is 1. The van der Waals surface area contributed by atoms with Gasteiger partial charge in [0.15, 0.2) is 0 Å². The van der Waals surface area contributed by atoms with Crippen LogP contribution in [-0.2, 0) is 6.54 Å². The van der Waals surface area contributed by atoms with Gasteiger partial charge in [-0.2, -0.15) is 5.26 Å². The van der Waals surface area contributed by atoms with Crippen molar-refractivity contribution in [3.05, 3.63) is 28.2 Å². The highest BCUT2D eigenvalue weighted by molar-refractivity contribution is 5.40. The van der Waals surface area contributed by atoms with Crippen molar-refractivity contribution in [2.45, 2.75) is 25.3 Å². The summed E-state index contributed by atoms with van der Waals surface area (Å²) in [6.45, 7) is 0.0730. The minimum Gasteiger partial charge on any atom is -0.394 e. The van der Waals surface area contributed by atoms with Gasteiger partial charge in [-0.15, -0.1) is 0 Å². The largest absolute Gasteiger partial charge is 0.394 e. The van der Waals surface area contributed by atoms with Gasteiger partial charge in [0.25, 0.3) is 5.56 Å². The van der Waals surface area contributed by atoms with Crippen LogP contribution in [0.4, 0.5) is 5.69 Å². The molecule has 1 saturated carbocycles. The van der Waals surface area contributed by atoms with Crippen molar-refractivity contribution in [3.8, 4) is 6.07 Å². The van der Waals surface area contributed by atoms with Gasteiger partial charge < -0.3 is 5.73 Å². The summed E-state index contributed by atoms with van der Waals surface area (Å²) >= 11 is 0. The minimum atomic E-state index is -0.268. The molecule has 0 aliphatic heterocycles. The monoisotopic (exact) mass is 189 g/mol. The van der Waals surface area contributed by atoms with E-state index in [1.54, 1.807) is 12.3 Å². The van der Waals surface area contributed by atoms with Gasteiger partial charge in [-0.05, 0) is 30.4 Å². The Balaban J connectivity index is 2.47. The zero-order chi connectivity index (χ0) is 10.1. The molecular weight excluding hydrogens is 178 g/mol. The van der Waals surface area contributed by atoms with Crippen LogP contribution in [0, 0.1) is 11.3 Å². The maximum atomic E-state index is 11.4. The number of pyridine rings is 1. The summed E-state index contributed by atoms with van der Waals surface area (Å²) in [5, 5.41) is 8.53. The number of hydrogen-bond donors (Lipinski definition) is 1. The van der Waals surface area contributed by atoms with Crippen molar-refractivity contribution in [1.29, 1.82) is 5.26 Å². The standard InChI is InChI=1S/C10H11N3O/c11-3-4-13-6-8(7-1-2-7)5-9(12)10(13)14/h5-7H,1-2,4,12H2. The summed E-state index contributed by atoms with van der Waals surface area (Å²) in [6, 6.07) is 3.68. The molecule has 4 nitrogen and oxygen atoms in total. The maximum absolute atomic E-state index is 11.4. The Bertz CT molecular complexity index is 451. The van der Waals surface area contributed by atoms with Gasteiger partial charge in [0.2, 0.25) is 0 Å². The van der Waals surface area contributed by atoms with E-state index in [1.807, 2.05) is 6.07 Å². The Morgan fingerprint density at radius 2 is 2.36 bits per heavy atom. The molecule has 1 aromatic heterocycles. The topological polar surface area (TPSA) is 71.8 Å². The molecule has 0 aromatic carbocycles. The Morgan fingerprint density at radius 3 is 2.93 bits per heavy atom. The molecule has 0 unspecified atom stereocenters. The first-order valence-corrected chi connectivity index (χ1v) is 4.59. The Labute approximate surface area is 81.6 Å². The minimum absolute atomic E-state index is 0.0730. The third-order valence-electron chi connectivity index (χ3n) is 2.42. The molecule has 1 heterocycles. The van der Waals surface area contributed by atoms with Gasteiger partial charge in [0.05, 0.1) is 11.8 Å². The molecule has 1 fully saturated rings. The van der Waals surface area contributed by atoms with Gasteiger partial charge in [0.1, 0.15) is 6.54 Å². The molecule has 0 spiro atoms. The third-order valence-corrected chi connectivity index (χ3v) is 2.42. The number of nitrogens with zero attached hydrogens (tertiary/aromatic N) is 2. The van der Waals surface area contributed by atoms with E-state index in [-0.39, 0.29) is 17.8 Å². The molecule has 1 aliphatic rings. The Morgan fingerprint density at radius 1 is 1.64 bits per heavy atom. The van der Waals surface area contributed by atoms with Crippen LogP contribution in [0.25, 0.3) is 0 Å². The zero-order valence-corrected chi connectivity index (χ0v) is 7.73. The van der Waals surface area contributed by atoms with Crippen molar-refractivity contribution in [2.24, 2.45) is 0 Å². The molecule has 0 amide bonds. The SMILES string of the molecule is N#CCn1cc(C2CC2)cc(N)c1=O. The highest BCUT2D eigenvalue weighted by Gasteiger charge is 2.24. The van der Waals surface area contributed by atoms with Crippen molar-refractivity contribution in [1.82, 2.24) is 4.57 Å². The molecule has 2 rings (SSSR count). The fourth-order valence-corrected chi connectivity index (χ4v) is 1.52. The predicted octanol–water partition coefficient (Wildman–Crippen LogP) is 0.831. The average molecular weight is 189 g/mol. The van der Waals surface area contributed by atoms with Gasteiger partial charge in [-0.25, -0.2) is 0 Å². The van der Waals surface area contributed by atoms with E-state index in [1.165, 1.54) is 4.57 Å². The number of anilines is 1. The molecule has 0 bridgehead atoms. The average Bonchev–Trinajstić information content (AvgIpc) is 2.96. The Hall–Kier alpha value is -1.76. The molecule has 72 valence electrons. The molecule has 1 aliphatic carbocycles. The van der Waals surface area contributed by atoms with E-state index >= 15 is 0 Å². The second-order valence-corrected chi connectivity index (χ2v) is 3.59. The van der Waals surface area contributed by atoms with Gasteiger partial charge in [-0.3, -0.25) is 9.36 Å². The quantitative estimate of drug-likeness (QED) is 0.749.